The van der Waals surface area contributed by atoms with E-state index >= 15 is 0 Å². The zero-order chi connectivity index (χ0) is 12.7. The number of nitriles is 1. The predicted octanol–water partition coefficient (Wildman–Crippen LogP) is 1.52. The van der Waals surface area contributed by atoms with Gasteiger partial charge in [-0.3, -0.25) is 4.79 Å². The van der Waals surface area contributed by atoms with E-state index in [1.165, 1.54) is 18.2 Å². The van der Waals surface area contributed by atoms with Crippen LogP contribution in [0.5, 0.6) is 11.5 Å². The molecule has 0 spiro atoms. The molecule has 0 atom stereocenters. The molecular weight excluding hydrogens is 220 g/mol. The molecule has 0 aliphatic heterocycles. The molecule has 5 nitrogen and oxygen atoms in total. The summed E-state index contributed by atoms with van der Waals surface area (Å²) in [5.74, 6) is -0.880. The maximum atomic E-state index is 11.6. The van der Waals surface area contributed by atoms with Crippen molar-refractivity contribution in [2.45, 2.75) is 19.3 Å². The summed E-state index contributed by atoms with van der Waals surface area (Å²) in [7, 11) is 0. The second-order valence-electron chi connectivity index (χ2n) is 3.57. The molecule has 1 aromatic rings. The minimum Gasteiger partial charge on any atom is -0.504 e. The first kappa shape index (κ1) is 12.8. The van der Waals surface area contributed by atoms with Gasteiger partial charge in [-0.2, -0.15) is 5.26 Å². The smallest absolute Gasteiger partial charge is 0.251 e. The van der Waals surface area contributed by atoms with Crippen molar-refractivity contribution < 1.29 is 15.0 Å². The van der Waals surface area contributed by atoms with Crippen LogP contribution in [0.3, 0.4) is 0 Å². The Kier molecular flexibility index (Phi) is 4.82. The third-order valence-corrected chi connectivity index (χ3v) is 2.24. The molecule has 5 heteroatoms. The molecule has 0 unspecified atom stereocenters. The van der Waals surface area contributed by atoms with Crippen molar-refractivity contribution in [1.29, 1.82) is 5.26 Å². The van der Waals surface area contributed by atoms with Gasteiger partial charge < -0.3 is 15.5 Å². The third-order valence-electron chi connectivity index (χ3n) is 2.24. The summed E-state index contributed by atoms with van der Waals surface area (Å²) in [5, 5.41) is 29.3. The first-order valence-electron chi connectivity index (χ1n) is 5.32. The third kappa shape index (κ3) is 4.03. The van der Waals surface area contributed by atoms with Gasteiger partial charge in [0.2, 0.25) is 0 Å². The van der Waals surface area contributed by atoms with Gasteiger partial charge in [0.15, 0.2) is 11.5 Å². The van der Waals surface area contributed by atoms with E-state index in [1.807, 2.05) is 6.07 Å². The average molecular weight is 234 g/mol. The number of amides is 1. The van der Waals surface area contributed by atoms with Gasteiger partial charge in [-0.1, -0.05) is 0 Å². The number of benzene rings is 1. The van der Waals surface area contributed by atoms with Crippen molar-refractivity contribution >= 4 is 5.91 Å². The second-order valence-corrected chi connectivity index (χ2v) is 3.57. The van der Waals surface area contributed by atoms with Crippen LogP contribution in [0.1, 0.15) is 29.6 Å². The molecule has 0 heterocycles. The predicted molar refractivity (Wildman–Crippen MR) is 61.6 cm³/mol. The van der Waals surface area contributed by atoms with E-state index in [4.69, 9.17) is 10.4 Å². The number of rotatable bonds is 5. The lowest BCUT2D eigenvalue weighted by atomic mass is 10.2. The van der Waals surface area contributed by atoms with Gasteiger partial charge in [0, 0.05) is 18.5 Å². The van der Waals surface area contributed by atoms with Crippen LogP contribution < -0.4 is 5.32 Å². The van der Waals surface area contributed by atoms with Gasteiger partial charge in [0.1, 0.15) is 0 Å². The zero-order valence-corrected chi connectivity index (χ0v) is 9.31. The molecule has 3 N–H and O–H groups in total. The quantitative estimate of drug-likeness (QED) is 0.532. The van der Waals surface area contributed by atoms with Crippen LogP contribution in [0.15, 0.2) is 18.2 Å². The number of hydrogen-bond donors (Lipinski definition) is 3. The molecule has 1 amide bonds. The highest BCUT2D eigenvalue weighted by Crippen LogP contribution is 2.24. The van der Waals surface area contributed by atoms with Crippen LogP contribution in [0.4, 0.5) is 0 Å². The number of hydrogen-bond acceptors (Lipinski definition) is 4. The van der Waals surface area contributed by atoms with Gasteiger partial charge in [0.25, 0.3) is 5.91 Å². The van der Waals surface area contributed by atoms with E-state index in [2.05, 4.69) is 5.32 Å². The molecule has 1 rings (SSSR count). The van der Waals surface area contributed by atoms with Crippen LogP contribution in [0.25, 0.3) is 0 Å². The van der Waals surface area contributed by atoms with Gasteiger partial charge in [-0.25, -0.2) is 0 Å². The first-order valence-corrected chi connectivity index (χ1v) is 5.32. The van der Waals surface area contributed by atoms with E-state index in [-0.39, 0.29) is 17.4 Å². The van der Waals surface area contributed by atoms with Crippen molar-refractivity contribution in [3.63, 3.8) is 0 Å². The summed E-state index contributed by atoms with van der Waals surface area (Å²) in [6, 6.07) is 5.93. The highest BCUT2D eigenvalue weighted by molar-refractivity contribution is 5.94. The number of phenolic OH excluding ortho intramolecular Hbond substituents is 2. The molecular formula is C12H14N2O3. The lowest BCUT2D eigenvalue weighted by molar-refractivity contribution is 0.0952. The zero-order valence-electron chi connectivity index (χ0n) is 9.31. The van der Waals surface area contributed by atoms with E-state index in [1.54, 1.807) is 0 Å². The molecule has 0 bridgehead atoms. The van der Waals surface area contributed by atoms with E-state index in [0.29, 0.717) is 18.5 Å². The average Bonchev–Trinajstić information content (AvgIpc) is 2.32. The number of nitrogens with zero attached hydrogens (tertiary/aromatic N) is 1. The van der Waals surface area contributed by atoms with Gasteiger partial charge in [-0.15, -0.1) is 0 Å². The van der Waals surface area contributed by atoms with Gasteiger partial charge in [-0.05, 0) is 31.0 Å². The highest BCUT2D eigenvalue weighted by Gasteiger charge is 2.07. The molecule has 0 fully saturated rings. The molecule has 0 saturated heterocycles. The summed E-state index contributed by atoms with van der Waals surface area (Å²) in [6.07, 6.45) is 1.97. The number of nitrogens with one attached hydrogen (secondary N) is 1. The Morgan fingerprint density at radius 2 is 2.06 bits per heavy atom. The van der Waals surface area contributed by atoms with Crippen molar-refractivity contribution in [3.8, 4) is 17.6 Å². The van der Waals surface area contributed by atoms with Crippen molar-refractivity contribution in [3.05, 3.63) is 23.8 Å². The molecule has 90 valence electrons. The largest absolute Gasteiger partial charge is 0.504 e. The molecule has 0 aliphatic rings. The Hall–Kier alpha value is -2.22. The molecule has 17 heavy (non-hydrogen) atoms. The Morgan fingerprint density at radius 3 is 2.71 bits per heavy atom. The summed E-state index contributed by atoms with van der Waals surface area (Å²) < 4.78 is 0. The Morgan fingerprint density at radius 1 is 1.29 bits per heavy atom. The minimum atomic E-state index is -0.317. The van der Waals surface area contributed by atoms with E-state index in [9.17, 15) is 9.90 Å². The van der Waals surface area contributed by atoms with Crippen LogP contribution in [-0.4, -0.2) is 22.7 Å². The normalized spacial score (nSPS) is 9.59. The SMILES string of the molecule is N#CCCCCNC(=O)c1ccc(O)c(O)c1. The summed E-state index contributed by atoms with van der Waals surface area (Å²) in [5.41, 5.74) is 0.292. The van der Waals surface area contributed by atoms with Crippen LogP contribution in [-0.2, 0) is 0 Å². The summed E-state index contributed by atoms with van der Waals surface area (Å²) in [6.45, 7) is 0.488. The number of unbranched alkanes of at least 4 members (excludes halogenated alkanes) is 2. The molecule has 0 aliphatic carbocycles. The maximum Gasteiger partial charge on any atom is 0.251 e. The monoisotopic (exact) mass is 234 g/mol. The molecule has 0 radical (unpaired) electrons. The number of aromatic hydroxyl groups is 2. The van der Waals surface area contributed by atoms with Crippen LogP contribution >= 0.6 is 0 Å². The Bertz CT molecular complexity index is 438. The van der Waals surface area contributed by atoms with Crippen molar-refractivity contribution in [2.75, 3.05) is 6.54 Å². The van der Waals surface area contributed by atoms with E-state index < -0.39 is 0 Å². The van der Waals surface area contributed by atoms with Gasteiger partial charge in [0.05, 0.1) is 6.07 Å². The van der Waals surface area contributed by atoms with Crippen molar-refractivity contribution in [1.82, 2.24) is 5.32 Å². The summed E-state index contributed by atoms with van der Waals surface area (Å²) >= 11 is 0. The van der Waals surface area contributed by atoms with Gasteiger partial charge >= 0.3 is 0 Å². The summed E-state index contributed by atoms with van der Waals surface area (Å²) in [4.78, 5) is 11.6. The molecule has 1 aromatic carbocycles. The number of carbonyl (C=O) groups excluding carboxylic acids is 1. The van der Waals surface area contributed by atoms with E-state index in [0.717, 1.165) is 12.8 Å². The lowest BCUT2D eigenvalue weighted by Gasteiger charge is -2.05. The topological polar surface area (TPSA) is 93.4 Å². The fourth-order valence-corrected chi connectivity index (χ4v) is 1.30. The number of carbonyl (C=O) groups is 1. The molecule has 0 saturated carbocycles. The second kappa shape index (κ2) is 6.38. The number of phenols is 2. The van der Waals surface area contributed by atoms with Crippen molar-refractivity contribution in [2.24, 2.45) is 0 Å². The fraction of sp³-hybridized carbons (Fsp3) is 0.333. The van der Waals surface area contributed by atoms with Crippen LogP contribution in [0.2, 0.25) is 0 Å². The standard InChI is InChI=1S/C12H14N2O3/c13-6-2-1-3-7-14-12(17)9-4-5-10(15)11(16)8-9/h4-5,8,15-16H,1-3,7H2,(H,14,17). The Labute approximate surface area is 99.3 Å². The fourth-order valence-electron chi connectivity index (χ4n) is 1.30. The first-order chi connectivity index (χ1) is 8.15. The van der Waals surface area contributed by atoms with Crippen LogP contribution in [0, 0.1) is 11.3 Å². The highest BCUT2D eigenvalue weighted by atomic mass is 16.3. The lowest BCUT2D eigenvalue weighted by Crippen LogP contribution is -2.24. The minimum absolute atomic E-state index is 0.254. The maximum absolute atomic E-state index is 11.6. The molecule has 0 aromatic heterocycles. The Balaban J connectivity index is 2.42.